The van der Waals surface area contributed by atoms with Gasteiger partial charge in [-0.3, -0.25) is 0 Å². The van der Waals surface area contributed by atoms with Gasteiger partial charge in [0.05, 0.1) is 5.69 Å². The number of nitriles is 1. The van der Waals surface area contributed by atoms with E-state index in [9.17, 15) is 0 Å². The van der Waals surface area contributed by atoms with Crippen LogP contribution in [0.2, 0.25) is 0 Å². The highest BCUT2D eigenvalue weighted by Crippen LogP contribution is 2.20. The molecule has 0 unspecified atom stereocenters. The van der Waals surface area contributed by atoms with E-state index in [1.165, 1.54) is 0 Å². The fraction of sp³-hybridized carbons (Fsp3) is 0. The molecule has 0 spiro atoms. The first kappa shape index (κ1) is 6.68. The van der Waals surface area contributed by atoms with Crippen LogP contribution < -0.4 is 5.73 Å². The predicted molar refractivity (Wildman–Crippen MR) is 43.1 cm³/mol. The maximum Gasteiger partial charge on any atom is 0.301 e. The van der Waals surface area contributed by atoms with Gasteiger partial charge in [-0.25, -0.2) is 0 Å². The van der Waals surface area contributed by atoms with Crippen LogP contribution in [-0.2, 0) is 0 Å². The normalized spacial score (nSPS) is 9.92. The van der Waals surface area contributed by atoms with Crippen LogP contribution in [0.4, 0.5) is 5.69 Å². The summed E-state index contributed by atoms with van der Waals surface area (Å²) >= 11 is 0. The summed E-state index contributed by atoms with van der Waals surface area (Å²) in [5.74, 6) is 0.0444. The number of aromatic nitrogens is 1. The average molecular weight is 159 g/mol. The monoisotopic (exact) mass is 159 g/mol. The Morgan fingerprint density at radius 3 is 3.00 bits per heavy atom. The van der Waals surface area contributed by atoms with Crippen LogP contribution in [0.1, 0.15) is 5.89 Å². The second-order valence-corrected chi connectivity index (χ2v) is 2.33. The highest BCUT2D eigenvalue weighted by molar-refractivity contribution is 5.84. The van der Waals surface area contributed by atoms with Crippen molar-refractivity contribution in [2.75, 3.05) is 5.73 Å². The summed E-state index contributed by atoms with van der Waals surface area (Å²) in [5, 5.41) is 8.48. The molecule has 0 saturated carbocycles. The Morgan fingerprint density at radius 1 is 1.50 bits per heavy atom. The van der Waals surface area contributed by atoms with Gasteiger partial charge in [0.25, 0.3) is 0 Å². The van der Waals surface area contributed by atoms with E-state index >= 15 is 0 Å². The summed E-state index contributed by atoms with van der Waals surface area (Å²) in [7, 11) is 0. The summed E-state index contributed by atoms with van der Waals surface area (Å²) in [6.07, 6.45) is 0. The number of nitrogens with two attached hydrogens (primary N) is 1. The third-order valence-electron chi connectivity index (χ3n) is 1.54. The van der Waals surface area contributed by atoms with Crippen LogP contribution in [0.3, 0.4) is 0 Å². The fourth-order valence-electron chi connectivity index (χ4n) is 1.02. The third-order valence-corrected chi connectivity index (χ3v) is 1.54. The first-order chi connectivity index (χ1) is 5.81. The van der Waals surface area contributed by atoms with Crippen molar-refractivity contribution in [3.8, 4) is 6.07 Å². The molecule has 1 heterocycles. The standard InChI is InChI=1S/C8H5N3O/c9-4-7-11-6-3-1-2-5(10)8(6)12-7/h1-3H,10H2. The van der Waals surface area contributed by atoms with E-state index in [4.69, 9.17) is 15.4 Å². The summed E-state index contributed by atoms with van der Waals surface area (Å²) in [5.41, 5.74) is 7.18. The zero-order chi connectivity index (χ0) is 8.55. The molecule has 1 aromatic carbocycles. The van der Waals surface area contributed by atoms with Gasteiger partial charge in [0.15, 0.2) is 11.7 Å². The van der Waals surface area contributed by atoms with Crippen molar-refractivity contribution in [3.05, 3.63) is 24.1 Å². The number of para-hydroxylation sites is 1. The average Bonchev–Trinajstić information content (AvgIpc) is 2.49. The summed E-state index contributed by atoms with van der Waals surface area (Å²) in [4.78, 5) is 3.88. The Morgan fingerprint density at radius 2 is 2.33 bits per heavy atom. The van der Waals surface area contributed by atoms with Crippen LogP contribution in [0, 0.1) is 11.3 Å². The van der Waals surface area contributed by atoms with Gasteiger partial charge in [-0.05, 0) is 12.1 Å². The zero-order valence-electron chi connectivity index (χ0n) is 6.11. The molecule has 0 saturated heterocycles. The first-order valence-electron chi connectivity index (χ1n) is 3.36. The quantitative estimate of drug-likeness (QED) is 0.587. The molecular weight excluding hydrogens is 154 g/mol. The van der Waals surface area contributed by atoms with Crippen LogP contribution in [-0.4, -0.2) is 4.98 Å². The first-order valence-corrected chi connectivity index (χ1v) is 3.36. The van der Waals surface area contributed by atoms with Gasteiger partial charge in [0.1, 0.15) is 5.52 Å². The van der Waals surface area contributed by atoms with Crippen LogP contribution >= 0.6 is 0 Å². The van der Waals surface area contributed by atoms with E-state index in [0.29, 0.717) is 16.8 Å². The van der Waals surface area contributed by atoms with Crippen molar-refractivity contribution in [1.82, 2.24) is 4.98 Å². The number of hydrogen-bond donors (Lipinski definition) is 1. The van der Waals surface area contributed by atoms with Gasteiger partial charge < -0.3 is 10.2 Å². The molecule has 4 nitrogen and oxygen atoms in total. The highest BCUT2D eigenvalue weighted by atomic mass is 16.3. The van der Waals surface area contributed by atoms with Gasteiger partial charge in [0.2, 0.25) is 0 Å². The molecule has 0 atom stereocenters. The summed E-state index contributed by atoms with van der Waals surface area (Å²) < 4.78 is 5.05. The summed E-state index contributed by atoms with van der Waals surface area (Å²) in [6.45, 7) is 0. The molecule has 1 aromatic heterocycles. The second-order valence-electron chi connectivity index (χ2n) is 2.33. The maximum absolute atomic E-state index is 8.48. The smallest absolute Gasteiger partial charge is 0.301 e. The Kier molecular flexibility index (Phi) is 1.25. The number of oxazole rings is 1. The van der Waals surface area contributed by atoms with Gasteiger partial charge in [-0.1, -0.05) is 6.07 Å². The molecule has 2 aromatic rings. The molecule has 0 radical (unpaired) electrons. The lowest BCUT2D eigenvalue weighted by molar-refractivity contribution is 0.585. The molecule has 4 heteroatoms. The number of hydrogen-bond acceptors (Lipinski definition) is 4. The van der Waals surface area contributed by atoms with E-state index in [-0.39, 0.29) is 5.89 Å². The number of fused-ring (bicyclic) bond motifs is 1. The van der Waals surface area contributed by atoms with Crippen molar-refractivity contribution in [2.24, 2.45) is 0 Å². The molecule has 0 aliphatic carbocycles. The van der Waals surface area contributed by atoms with Crippen molar-refractivity contribution in [2.45, 2.75) is 0 Å². The molecule has 2 rings (SSSR count). The molecule has 12 heavy (non-hydrogen) atoms. The molecule has 0 fully saturated rings. The minimum Gasteiger partial charge on any atom is -0.426 e. The van der Waals surface area contributed by atoms with Crippen LogP contribution in [0.15, 0.2) is 22.6 Å². The van der Waals surface area contributed by atoms with Crippen molar-refractivity contribution in [1.29, 1.82) is 5.26 Å². The van der Waals surface area contributed by atoms with Crippen LogP contribution in [0.5, 0.6) is 0 Å². The molecule has 2 N–H and O–H groups in total. The predicted octanol–water partition coefficient (Wildman–Crippen LogP) is 1.28. The lowest BCUT2D eigenvalue weighted by atomic mass is 10.3. The minimum atomic E-state index is 0.0444. The van der Waals surface area contributed by atoms with Crippen molar-refractivity contribution < 1.29 is 4.42 Å². The third kappa shape index (κ3) is 0.805. The molecule has 0 aliphatic rings. The van der Waals surface area contributed by atoms with E-state index in [2.05, 4.69) is 4.98 Å². The van der Waals surface area contributed by atoms with Gasteiger partial charge >= 0.3 is 5.89 Å². The van der Waals surface area contributed by atoms with Crippen molar-refractivity contribution >= 4 is 16.8 Å². The van der Waals surface area contributed by atoms with Crippen LogP contribution in [0.25, 0.3) is 11.1 Å². The van der Waals surface area contributed by atoms with Gasteiger partial charge in [0, 0.05) is 0 Å². The van der Waals surface area contributed by atoms with Gasteiger partial charge in [-0.2, -0.15) is 10.2 Å². The molecule has 0 bridgehead atoms. The largest absolute Gasteiger partial charge is 0.426 e. The molecule has 0 aliphatic heterocycles. The summed E-state index contributed by atoms with van der Waals surface area (Å²) in [6, 6.07) is 7.02. The van der Waals surface area contributed by atoms with Gasteiger partial charge in [-0.15, -0.1) is 0 Å². The molecular formula is C8H5N3O. The van der Waals surface area contributed by atoms with E-state index in [1.807, 2.05) is 6.07 Å². The fourth-order valence-corrected chi connectivity index (χ4v) is 1.02. The van der Waals surface area contributed by atoms with E-state index < -0.39 is 0 Å². The number of benzene rings is 1. The Bertz CT molecular complexity index is 467. The van der Waals surface area contributed by atoms with E-state index in [0.717, 1.165) is 0 Å². The number of nitrogens with zero attached hydrogens (tertiary/aromatic N) is 2. The molecule has 0 amide bonds. The van der Waals surface area contributed by atoms with E-state index in [1.54, 1.807) is 18.2 Å². The minimum absolute atomic E-state index is 0.0444. The topological polar surface area (TPSA) is 75.8 Å². The highest BCUT2D eigenvalue weighted by Gasteiger charge is 2.05. The Hall–Kier alpha value is -2.02. The maximum atomic E-state index is 8.48. The Labute approximate surface area is 68.2 Å². The number of anilines is 1. The zero-order valence-corrected chi connectivity index (χ0v) is 6.11. The lowest BCUT2D eigenvalue weighted by Gasteiger charge is -1.89. The lowest BCUT2D eigenvalue weighted by Crippen LogP contribution is -1.82. The second kappa shape index (κ2) is 2.24. The Balaban J connectivity index is 2.85. The number of nitrogen functional groups attached to an aromatic ring is 1. The SMILES string of the molecule is N#Cc1nc2cccc(N)c2o1. The number of rotatable bonds is 0. The molecule has 58 valence electrons. The van der Waals surface area contributed by atoms with Crippen molar-refractivity contribution in [3.63, 3.8) is 0 Å².